The van der Waals surface area contributed by atoms with Gasteiger partial charge in [-0.05, 0) is 13.8 Å². The molecule has 3 N–H and O–H groups in total. The first-order valence-electron chi connectivity index (χ1n) is 6.86. The normalized spacial score (nSPS) is 16.5. The van der Waals surface area contributed by atoms with E-state index < -0.39 is 11.9 Å². The Morgan fingerprint density at radius 2 is 1.85 bits per heavy atom. The Morgan fingerprint density at radius 1 is 1.25 bits per heavy atom. The largest absolute Gasteiger partial charge is 0.481 e. The topological polar surface area (TPSA) is 98.7 Å². The molecule has 0 aromatic carbocycles. The first-order chi connectivity index (χ1) is 9.31. The summed E-state index contributed by atoms with van der Waals surface area (Å²) in [4.78, 5) is 35.4. The lowest BCUT2D eigenvalue weighted by Crippen LogP contribution is -2.56. The highest BCUT2D eigenvalue weighted by Gasteiger charge is 2.36. The van der Waals surface area contributed by atoms with Gasteiger partial charge in [-0.3, -0.25) is 9.59 Å². The van der Waals surface area contributed by atoms with Crippen molar-refractivity contribution >= 4 is 17.9 Å². The van der Waals surface area contributed by atoms with E-state index in [4.69, 9.17) is 5.11 Å². The first-order valence-corrected chi connectivity index (χ1v) is 6.86. The van der Waals surface area contributed by atoms with E-state index in [1.165, 1.54) is 0 Å². The molecule has 7 heteroatoms. The molecule has 114 valence electrons. The fourth-order valence-electron chi connectivity index (χ4n) is 1.99. The van der Waals surface area contributed by atoms with Gasteiger partial charge in [-0.15, -0.1) is 0 Å². The summed E-state index contributed by atoms with van der Waals surface area (Å²) < 4.78 is 0. The van der Waals surface area contributed by atoms with Crippen molar-refractivity contribution in [2.75, 3.05) is 19.6 Å². The van der Waals surface area contributed by atoms with Crippen LogP contribution in [0.15, 0.2) is 0 Å². The maximum atomic E-state index is 11.7. The van der Waals surface area contributed by atoms with E-state index in [2.05, 4.69) is 10.6 Å². The minimum atomic E-state index is -0.833. The molecule has 1 saturated heterocycles. The SMILES string of the molecule is CC(C)NC(=O)CCNC(=O)N1CC(C(C)C(=O)O)C1. The Labute approximate surface area is 118 Å². The fourth-order valence-corrected chi connectivity index (χ4v) is 1.99. The van der Waals surface area contributed by atoms with E-state index in [1.807, 2.05) is 13.8 Å². The lowest BCUT2D eigenvalue weighted by atomic mass is 9.87. The Morgan fingerprint density at radius 3 is 2.35 bits per heavy atom. The van der Waals surface area contributed by atoms with Crippen molar-refractivity contribution in [1.82, 2.24) is 15.5 Å². The molecule has 1 heterocycles. The third kappa shape index (κ3) is 4.71. The molecule has 1 atom stereocenters. The lowest BCUT2D eigenvalue weighted by molar-refractivity contribution is -0.144. The maximum Gasteiger partial charge on any atom is 0.317 e. The second kappa shape index (κ2) is 7.12. The number of amides is 3. The minimum absolute atomic E-state index is 0.0162. The summed E-state index contributed by atoms with van der Waals surface area (Å²) in [7, 11) is 0. The van der Waals surface area contributed by atoms with Crippen molar-refractivity contribution in [2.24, 2.45) is 11.8 Å². The standard InChI is InChI=1S/C13H23N3O4/c1-8(2)15-11(17)4-5-14-13(20)16-6-10(7-16)9(3)12(18)19/h8-10H,4-7H2,1-3H3,(H,14,20)(H,15,17)(H,18,19). The number of carbonyl (C=O) groups is 3. The molecule has 0 aromatic heterocycles. The van der Waals surface area contributed by atoms with Crippen LogP contribution in [0.1, 0.15) is 27.2 Å². The monoisotopic (exact) mass is 285 g/mol. The van der Waals surface area contributed by atoms with Crippen LogP contribution in [0.5, 0.6) is 0 Å². The molecule has 1 aliphatic heterocycles. The third-order valence-corrected chi connectivity index (χ3v) is 3.37. The number of carbonyl (C=O) groups excluding carboxylic acids is 2. The zero-order chi connectivity index (χ0) is 15.3. The average molecular weight is 285 g/mol. The van der Waals surface area contributed by atoms with Crippen LogP contribution in [0.4, 0.5) is 4.79 Å². The van der Waals surface area contributed by atoms with Crippen LogP contribution in [0.2, 0.25) is 0 Å². The molecule has 1 rings (SSSR count). The van der Waals surface area contributed by atoms with E-state index in [0.717, 1.165) is 0 Å². The van der Waals surface area contributed by atoms with E-state index in [-0.39, 0.29) is 36.9 Å². The van der Waals surface area contributed by atoms with Gasteiger partial charge in [-0.2, -0.15) is 0 Å². The highest BCUT2D eigenvalue weighted by atomic mass is 16.4. The zero-order valence-electron chi connectivity index (χ0n) is 12.2. The number of hydrogen-bond acceptors (Lipinski definition) is 3. The van der Waals surface area contributed by atoms with Crippen LogP contribution in [-0.4, -0.2) is 53.6 Å². The molecule has 0 saturated carbocycles. The molecular formula is C13H23N3O4. The van der Waals surface area contributed by atoms with Gasteiger partial charge >= 0.3 is 12.0 Å². The summed E-state index contributed by atoms with van der Waals surface area (Å²) in [5.74, 6) is -1.35. The Bertz CT molecular complexity index is 378. The number of rotatable bonds is 6. The van der Waals surface area contributed by atoms with Gasteiger partial charge in [0.2, 0.25) is 5.91 Å². The number of nitrogens with one attached hydrogen (secondary N) is 2. The van der Waals surface area contributed by atoms with Gasteiger partial charge in [-0.1, -0.05) is 6.92 Å². The summed E-state index contributed by atoms with van der Waals surface area (Å²) in [5.41, 5.74) is 0. The zero-order valence-corrected chi connectivity index (χ0v) is 12.2. The molecule has 7 nitrogen and oxygen atoms in total. The summed E-state index contributed by atoms with van der Waals surface area (Å²) in [6.45, 7) is 6.60. The predicted molar refractivity (Wildman–Crippen MR) is 73.2 cm³/mol. The number of carboxylic acid groups (broad SMARTS) is 1. The molecule has 1 aliphatic rings. The smallest absolute Gasteiger partial charge is 0.317 e. The fraction of sp³-hybridized carbons (Fsp3) is 0.769. The predicted octanol–water partition coefficient (Wildman–Crippen LogP) is 0.263. The Balaban J connectivity index is 2.17. The molecule has 0 aliphatic carbocycles. The van der Waals surface area contributed by atoms with E-state index in [9.17, 15) is 14.4 Å². The summed E-state index contributed by atoms with van der Waals surface area (Å²) in [6.07, 6.45) is 0.243. The van der Waals surface area contributed by atoms with Gasteiger partial charge in [0, 0.05) is 38.0 Å². The van der Waals surface area contributed by atoms with Crippen LogP contribution >= 0.6 is 0 Å². The van der Waals surface area contributed by atoms with Crippen molar-refractivity contribution in [1.29, 1.82) is 0 Å². The number of aliphatic carboxylic acids is 1. The van der Waals surface area contributed by atoms with Crippen molar-refractivity contribution in [2.45, 2.75) is 33.2 Å². The number of carboxylic acids is 1. The second-order valence-electron chi connectivity index (χ2n) is 5.50. The summed E-state index contributed by atoms with van der Waals surface area (Å²) >= 11 is 0. The van der Waals surface area contributed by atoms with Gasteiger partial charge in [0.05, 0.1) is 5.92 Å². The molecule has 20 heavy (non-hydrogen) atoms. The molecular weight excluding hydrogens is 262 g/mol. The van der Waals surface area contributed by atoms with Crippen molar-refractivity contribution in [3.8, 4) is 0 Å². The highest BCUT2D eigenvalue weighted by Crippen LogP contribution is 2.23. The number of hydrogen-bond donors (Lipinski definition) is 3. The lowest BCUT2D eigenvalue weighted by Gasteiger charge is -2.41. The van der Waals surface area contributed by atoms with E-state index in [0.29, 0.717) is 13.1 Å². The molecule has 0 radical (unpaired) electrons. The molecule has 1 fully saturated rings. The van der Waals surface area contributed by atoms with Crippen LogP contribution in [0.25, 0.3) is 0 Å². The van der Waals surface area contributed by atoms with Gasteiger partial charge in [0.1, 0.15) is 0 Å². The number of likely N-dealkylation sites (tertiary alicyclic amines) is 1. The van der Waals surface area contributed by atoms with Crippen LogP contribution in [0.3, 0.4) is 0 Å². The number of urea groups is 1. The molecule has 0 spiro atoms. The van der Waals surface area contributed by atoms with Gasteiger partial charge in [0.15, 0.2) is 0 Å². The van der Waals surface area contributed by atoms with Crippen molar-refractivity contribution in [3.63, 3.8) is 0 Å². The summed E-state index contributed by atoms with van der Waals surface area (Å²) in [5, 5.41) is 14.2. The van der Waals surface area contributed by atoms with E-state index in [1.54, 1.807) is 11.8 Å². The van der Waals surface area contributed by atoms with Crippen LogP contribution in [-0.2, 0) is 9.59 Å². The van der Waals surface area contributed by atoms with Crippen molar-refractivity contribution < 1.29 is 19.5 Å². The second-order valence-corrected chi connectivity index (χ2v) is 5.50. The summed E-state index contributed by atoms with van der Waals surface area (Å²) in [6, 6.07) is -0.150. The van der Waals surface area contributed by atoms with Gasteiger partial charge in [0.25, 0.3) is 0 Å². The third-order valence-electron chi connectivity index (χ3n) is 3.37. The Kier molecular flexibility index (Phi) is 5.79. The van der Waals surface area contributed by atoms with Gasteiger partial charge < -0.3 is 20.6 Å². The highest BCUT2D eigenvalue weighted by molar-refractivity contribution is 5.79. The average Bonchev–Trinajstić information content (AvgIpc) is 2.25. The molecule has 1 unspecified atom stereocenters. The first kappa shape index (κ1) is 16.3. The molecule has 3 amide bonds. The maximum absolute atomic E-state index is 11.7. The van der Waals surface area contributed by atoms with Crippen LogP contribution < -0.4 is 10.6 Å². The molecule has 0 aromatic rings. The minimum Gasteiger partial charge on any atom is -0.481 e. The van der Waals surface area contributed by atoms with Crippen molar-refractivity contribution in [3.05, 3.63) is 0 Å². The van der Waals surface area contributed by atoms with Crippen LogP contribution in [0, 0.1) is 11.8 Å². The number of nitrogens with zero attached hydrogens (tertiary/aromatic N) is 1. The Hall–Kier alpha value is -1.79. The van der Waals surface area contributed by atoms with Gasteiger partial charge in [-0.25, -0.2) is 4.79 Å². The quantitative estimate of drug-likeness (QED) is 0.652. The molecule has 0 bridgehead atoms. The van der Waals surface area contributed by atoms with E-state index >= 15 is 0 Å².